The molecule has 1 aliphatic heterocycles. The average Bonchev–Trinajstić information content (AvgIpc) is 2.75. The molecule has 0 aromatic carbocycles. The van der Waals surface area contributed by atoms with Crippen LogP contribution in [0.1, 0.15) is 51.4 Å². The fourth-order valence-corrected chi connectivity index (χ4v) is 2.83. The monoisotopic (exact) mass is 328 g/mol. The Morgan fingerprint density at radius 1 is 1.13 bits per heavy atom. The number of allylic oxidation sites excluding steroid dienone is 1. The van der Waals surface area contributed by atoms with Gasteiger partial charge in [-0.25, -0.2) is 9.59 Å². The first-order valence-electron chi connectivity index (χ1n) is 7.85. The fraction of sp³-hybridized carbons (Fsp3) is 0.688. The van der Waals surface area contributed by atoms with Gasteiger partial charge in [0.05, 0.1) is 0 Å². The van der Waals surface area contributed by atoms with Crippen molar-refractivity contribution in [3.63, 3.8) is 0 Å². The van der Waals surface area contributed by atoms with Gasteiger partial charge in [0, 0.05) is 0 Å². The minimum atomic E-state index is -2.70. The first kappa shape index (κ1) is 19.2. The first-order chi connectivity index (χ1) is 10.9. The highest BCUT2D eigenvalue weighted by atomic mass is 16.6. The fourth-order valence-electron chi connectivity index (χ4n) is 2.83. The molecule has 3 N–H and O–H groups in total. The van der Waals surface area contributed by atoms with Crippen LogP contribution in [0.25, 0.3) is 0 Å². The van der Waals surface area contributed by atoms with E-state index in [1.807, 2.05) is 6.08 Å². The normalized spacial score (nSPS) is 26.7. The molecule has 7 heteroatoms. The second-order valence-electron chi connectivity index (χ2n) is 5.83. The molecule has 0 aliphatic carbocycles. The van der Waals surface area contributed by atoms with E-state index in [-0.39, 0.29) is 6.42 Å². The summed E-state index contributed by atoms with van der Waals surface area (Å²) in [6.45, 7) is 3.65. The molecule has 0 bridgehead atoms. The van der Waals surface area contributed by atoms with Crippen molar-refractivity contribution in [1.29, 1.82) is 0 Å². The molecule has 1 saturated heterocycles. The maximum atomic E-state index is 11.7. The third-order valence-electron chi connectivity index (χ3n) is 4.17. The number of carbonyl (C=O) groups is 3. The molecule has 0 aromatic heterocycles. The number of esters is 1. The predicted molar refractivity (Wildman–Crippen MR) is 80.7 cm³/mol. The van der Waals surface area contributed by atoms with Gasteiger partial charge in [0.1, 0.15) is 5.92 Å². The molecule has 7 nitrogen and oxygen atoms in total. The molecule has 1 rings (SSSR count). The van der Waals surface area contributed by atoms with E-state index in [0.29, 0.717) is 6.42 Å². The maximum absolute atomic E-state index is 11.7. The van der Waals surface area contributed by atoms with Gasteiger partial charge in [0.25, 0.3) is 0 Å². The van der Waals surface area contributed by atoms with Crippen molar-refractivity contribution >= 4 is 17.9 Å². The molecular weight excluding hydrogens is 304 g/mol. The van der Waals surface area contributed by atoms with Crippen molar-refractivity contribution in [2.24, 2.45) is 5.92 Å². The third kappa shape index (κ3) is 4.54. The van der Waals surface area contributed by atoms with E-state index in [2.05, 4.69) is 11.3 Å². The number of carbonyl (C=O) groups excluding carboxylic acids is 1. The summed E-state index contributed by atoms with van der Waals surface area (Å²) in [5.41, 5.74) is -2.70. The van der Waals surface area contributed by atoms with Gasteiger partial charge in [0.2, 0.25) is 11.7 Å². The summed E-state index contributed by atoms with van der Waals surface area (Å²) in [5, 5.41) is 28.3. The highest BCUT2D eigenvalue weighted by molar-refractivity contribution is 5.97. The van der Waals surface area contributed by atoms with E-state index in [0.717, 1.165) is 38.5 Å². The van der Waals surface area contributed by atoms with E-state index < -0.39 is 35.5 Å². The number of cyclic esters (lactones) is 1. The van der Waals surface area contributed by atoms with Gasteiger partial charge >= 0.3 is 17.9 Å². The number of ether oxygens (including phenoxy) is 1. The lowest BCUT2D eigenvalue weighted by molar-refractivity contribution is -0.179. The number of carboxylic acids is 2. The van der Waals surface area contributed by atoms with Crippen LogP contribution in [0.4, 0.5) is 0 Å². The summed E-state index contributed by atoms with van der Waals surface area (Å²) in [4.78, 5) is 34.0. The number of carboxylic acid groups (broad SMARTS) is 2. The summed E-state index contributed by atoms with van der Waals surface area (Å²) in [5.74, 6) is -5.71. The Labute approximate surface area is 134 Å². The Kier molecular flexibility index (Phi) is 7.22. The predicted octanol–water partition coefficient (Wildman–Crippen LogP) is 1.74. The van der Waals surface area contributed by atoms with Crippen LogP contribution in [0, 0.1) is 5.92 Å². The Morgan fingerprint density at radius 3 is 2.22 bits per heavy atom. The molecule has 1 fully saturated rings. The van der Waals surface area contributed by atoms with Crippen LogP contribution in [0.5, 0.6) is 0 Å². The zero-order valence-electron chi connectivity index (χ0n) is 13.1. The summed E-state index contributed by atoms with van der Waals surface area (Å²) in [7, 11) is 0. The number of aliphatic hydroxyl groups is 1. The van der Waals surface area contributed by atoms with Crippen molar-refractivity contribution in [3.05, 3.63) is 12.7 Å². The Morgan fingerprint density at radius 2 is 1.70 bits per heavy atom. The highest BCUT2D eigenvalue weighted by Gasteiger charge is 2.64. The van der Waals surface area contributed by atoms with E-state index in [9.17, 15) is 19.5 Å². The molecule has 1 heterocycles. The maximum Gasteiger partial charge on any atom is 0.348 e. The lowest BCUT2D eigenvalue weighted by atomic mass is 9.82. The lowest BCUT2D eigenvalue weighted by Crippen LogP contribution is -2.54. The summed E-state index contributed by atoms with van der Waals surface area (Å²) < 4.78 is 4.56. The standard InChI is InChI=1S/C16H24O7/c1-2-3-4-5-6-7-8-9-10-11-14(19)23-12(13(17)18)16(11,22)15(20)21/h2,11-12,22H,1,3-10H2,(H,17,18)(H,20,21). The van der Waals surface area contributed by atoms with Crippen molar-refractivity contribution in [1.82, 2.24) is 0 Å². The van der Waals surface area contributed by atoms with Gasteiger partial charge < -0.3 is 20.1 Å². The van der Waals surface area contributed by atoms with Crippen molar-refractivity contribution in [3.8, 4) is 0 Å². The minimum absolute atomic E-state index is 0.0953. The van der Waals surface area contributed by atoms with Gasteiger partial charge in [0.15, 0.2) is 0 Å². The number of hydrogen-bond acceptors (Lipinski definition) is 5. The van der Waals surface area contributed by atoms with E-state index in [1.165, 1.54) is 0 Å². The van der Waals surface area contributed by atoms with Gasteiger partial charge in [-0.1, -0.05) is 38.2 Å². The second-order valence-corrected chi connectivity index (χ2v) is 5.83. The molecule has 3 atom stereocenters. The molecule has 23 heavy (non-hydrogen) atoms. The second kappa shape index (κ2) is 8.67. The molecular formula is C16H24O7. The van der Waals surface area contributed by atoms with E-state index in [4.69, 9.17) is 10.2 Å². The van der Waals surface area contributed by atoms with Crippen LogP contribution >= 0.6 is 0 Å². The van der Waals surface area contributed by atoms with Crippen LogP contribution in [0.15, 0.2) is 12.7 Å². The number of rotatable bonds is 11. The molecule has 0 aromatic rings. The molecule has 0 amide bonds. The smallest absolute Gasteiger partial charge is 0.348 e. The van der Waals surface area contributed by atoms with E-state index in [1.54, 1.807) is 0 Å². The molecule has 0 radical (unpaired) electrons. The topological polar surface area (TPSA) is 121 Å². The summed E-state index contributed by atoms with van der Waals surface area (Å²) >= 11 is 0. The van der Waals surface area contributed by atoms with Gasteiger partial charge in [-0.2, -0.15) is 0 Å². The lowest BCUT2D eigenvalue weighted by Gasteiger charge is -2.24. The zero-order chi connectivity index (χ0) is 17.5. The SMILES string of the molecule is C=CCCCCCCCCC1C(=O)OC(C(=O)O)C1(O)C(=O)O. The van der Waals surface area contributed by atoms with Crippen LogP contribution in [0.3, 0.4) is 0 Å². The van der Waals surface area contributed by atoms with Crippen molar-refractivity contribution < 1.29 is 34.4 Å². The first-order valence-corrected chi connectivity index (χ1v) is 7.85. The minimum Gasteiger partial charge on any atom is -0.479 e. The van der Waals surface area contributed by atoms with Crippen molar-refractivity contribution in [2.75, 3.05) is 0 Å². The van der Waals surface area contributed by atoms with Crippen molar-refractivity contribution in [2.45, 2.75) is 63.1 Å². The number of aliphatic carboxylic acids is 2. The zero-order valence-corrected chi connectivity index (χ0v) is 13.1. The summed E-state index contributed by atoms with van der Waals surface area (Å²) in [6.07, 6.45) is 6.34. The van der Waals surface area contributed by atoms with Crippen LogP contribution < -0.4 is 0 Å². The number of hydrogen-bond donors (Lipinski definition) is 3. The molecule has 3 unspecified atom stereocenters. The highest BCUT2D eigenvalue weighted by Crippen LogP contribution is 2.36. The van der Waals surface area contributed by atoms with Gasteiger partial charge in [-0.05, 0) is 19.3 Å². The molecule has 0 saturated carbocycles. The average molecular weight is 328 g/mol. The Balaban J connectivity index is 2.48. The van der Waals surface area contributed by atoms with E-state index >= 15 is 0 Å². The number of unbranched alkanes of at least 4 members (excludes halogenated alkanes) is 6. The Hall–Kier alpha value is -1.89. The molecule has 0 spiro atoms. The summed E-state index contributed by atoms with van der Waals surface area (Å²) in [6, 6.07) is 0. The Bertz CT molecular complexity index is 459. The van der Waals surface area contributed by atoms with Crippen LogP contribution in [-0.4, -0.2) is 44.9 Å². The molecule has 1 aliphatic rings. The van der Waals surface area contributed by atoms with Gasteiger partial charge in [-0.15, -0.1) is 6.58 Å². The van der Waals surface area contributed by atoms with Crippen LogP contribution in [-0.2, 0) is 19.1 Å². The van der Waals surface area contributed by atoms with Crippen LogP contribution in [0.2, 0.25) is 0 Å². The van der Waals surface area contributed by atoms with Gasteiger partial charge in [-0.3, -0.25) is 4.79 Å². The largest absolute Gasteiger partial charge is 0.479 e. The quantitative estimate of drug-likeness (QED) is 0.300. The third-order valence-corrected chi connectivity index (χ3v) is 4.17. The molecule has 130 valence electrons.